The third kappa shape index (κ3) is 3.03. The average molecular weight is 272 g/mol. The SMILES string of the molecule is NC(CC(=O)Nc1nnc(C2CC2)o1)c1ccccc1. The molecule has 1 aliphatic rings. The molecule has 2 aromatic rings. The molecule has 1 atom stereocenters. The van der Waals surface area contributed by atoms with Gasteiger partial charge in [-0.25, -0.2) is 0 Å². The highest BCUT2D eigenvalue weighted by Gasteiger charge is 2.29. The Labute approximate surface area is 116 Å². The molecule has 1 saturated carbocycles. The lowest BCUT2D eigenvalue weighted by Gasteiger charge is -2.10. The summed E-state index contributed by atoms with van der Waals surface area (Å²) in [5.74, 6) is 0.750. The summed E-state index contributed by atoms with van der Waals surface area (Å²) in [6.07, 6.45) is 2.33. The Bertz CT molecular complexity index is 592. The molecule has 1 aromatic carbocycles. The van der Waals surface area contributed by atoms with E-state index < -0.39 is 0 Å². The fraction of sp³-hybridized carbons (Fsp3) is 0.357. The van der Waals surface area contributed by atoms with Crippen molar-refractivity contribution in [3.8, 4) is 0 Å². The van der Waals surface area contributed by atoms with Crippen molar-refractivity contribution in [1.29, 1.82) is 0 Å². The summed E-state index contributed by atoms with van der Waals surface area (Å²) in [4.78, 5) is 11.9. The molecule has 1 aromatic heterocycles. The number of aromatic nitrogens is 2. The van der Waals surface area contributed by atoms with E-state index in [9.17, 15) is 4.79 Å². The summed E-state index contributed by atoms with van der Waals surface area (Å²) in [6, 6.07) is 9.30. The number of nitrogens with one attached hydrogen (secondary N) is 1. The van der Waals surface area contributed by atoms with Crippen LogP contribution in [0.25, 0.3) is 0 Å². The Morgan fingerprint density at radius 2 is 2.10 bits per heavy atom. The van der Waals surface area contributed by atoms with E-state index in [0.29, 0.717) is 11.8 Å². The van der Waals surface area contributed by atoms with Gasteiger partial charge in [0.2, 0.25) is 11.8 Å². The highest BCUT2D eigenvalue weighted by Crippen LogP contribution is 2.39. The van der Waals surface area contributed by atoms with Crippen LogP contribution in [0.3, 0.4) is 0 Å². The first-order valence-corrected chi connectivity index (χ1v) is 6.66. The Kier molecular flexibility index (Phi) is 3.47. The fourth-order valence-corrected chi connectivity index (χ4v) is 1.97. The van der Waals surface area contributed by atoms with Crippen LogP contribution in [-0.2, 0) is 4.79 Å². The maximum atomic E-state index is 11.9. The van der Waals surface area contributed by atoms with Gasteiger partial charge in [-0.15, -0.1) is 5.10 Å². The standard InChI is InChI=1S/C14H16N4O2/c15-11(9-4-2-1-3-5-9)8-12(19)16-14-18-17-13(20-14)10-6-7-10/h1-5,10-11H,6-8,15H2,(H,16,18,19). The number of nitrogens with zero attached hydrogens (tertiary/aromatic N) is 2. The van der Waals surface area contributed by atoms with Gasteiger partial charge in [0.25, 0.3) is 0 Å². The van der Waals surface area contributed by atoms with Crippen LogP contribution < -0.4 is 11.1 Å². The second kappa shape index (κ2) is 5.42. The number of carbonyl (C=O) groups excluding carboxylic acids is 1. The third-order valence-corrected chi connectivity index (χ3v) is 3.25. The number of hydrogen-bond donors (Lipinski definition) is 2. The highest BCUT2D eigenvalue weighted by molar-refractivity contribution is 5.89. The van der Waals surface area contributed by atoms with Gasteiger partial charge in [-0.3, -0.25) is 10.1 Å². The molecular formula is C14H16N4O2. The predicted octanol–water partition coefficient (Wildman–Crippen LogP) is 1.98. The Hall–Kier alpha value is -2.21. The molecule has 1 aliphatic carbocycles. The molecule has 3 rings (SSSR count). The van der Waals surface area contributed by atoms with E-state index in [1.54, 1.807) is 0 Å². The largest absolute Gasteiger partial charge is 0.408 e. The quantitative estimate of drug-likeness (QED) is 0.867. The molecular weight excluding hydrogens is 256 g/mol. The molecule has 6 heteroatoms. The van der Waals surface area contributed by atoms with Crippen LogP contribution in [-0.4, -0.2) is 16.1 Å². The van der Waals surface area contributed by atoms with Crippen molar-refractivity contribution in [2.24, 2.45) is 5.73 Å². The van der Waals surface area contributed by atoms with Gasteiger partial charge < -0.3 is 10.2 Å². The van der Waals surface area contributed by atoms with Crippen molar-refractivity contribution in [3.05, 3.63) is 41.8 Å². The summed E-state index contributed by atoms with van der Waals surface area (Å²) < 4.78 is 5.37. The Morgan fingerprint density at radius 3 is 2.80 bits per heavy atom. The van der Waals surface area contributed by atoms with Gasteiger partial charge >= 0.3 is 6.01 Å². The van der Waals surface area contributed by atoms with Crippen LogP contribution in [0.4, 0.5) is 6.01 Å². The van der Waals surface area contributed by atoms with Crippen molar-refractivity contribution in [1.82, 2.24) is 10.2 Å². The molecule has 6 nitrogen and oxygen atoms in total. The van der Waals surface area contributed by atoms with Gasteiger partial charge in [0.05, 0.1) is 0 Å². The molecule has 3 N–H and O–H groups in total. The van der Waals surface area contributed by atoms with Crippen molar-refractivity contribution in [2.75, 3.05) is 5.32 Å². The minimum absolute atomic E-state index is 0.150. The van der Waals surface area contributed by atoms with Crippen LogP contribution in [0, 0.1) is 0 Å². The molecule has 1 unspecified atom stereocenters. The molecule has 1 heterocycles. The molecule has 0 saturated heterocycles. The third-order valence-electron chi connectivity index (χ3n) is 3.25. The zero-order chi connectivity index (χ0) is 13.9. The van der Waals surface area contributed by atoms with Gasteiger partial charge in [0.1, 0.15) is 0 Å². The minimum Gasteiger partial charge on any atom is -0.408 e. The lowest BCUT2D eigenvalue weighted by atomic mass is 10.0. The van der Waals surface area contributed by atoms with E-state index in [-0.39, 0.29) is 24.4 Å². The number of amides is 1. The second-order valence-corrected chi connectivity index (χ2v) is 4.99. The smallest absolute Gasteiger partial charge is 0.322 e. The lowest BCUT2D eigenvalue weighted by Crippen LogP contribution is -2.20. The van der Waals surface area contributed by atoms with Gasteiger partial charge in [0.15, 0.2) is 0 Å². The van der Waals surface area contributed by atoms with E-state index in [1.165, 1.54) is 0 Å². The molecule has 0 aliphatic heterocycles. The topological polar surface area (TPSA) is 94.0 Å². The van der Waals surface area contributed by atoms with E-state index in [4.69, 9.17) is 10.2 Å². The average Bonchev–Trinajstić information content (AvgIpc) is 3.20. The highest BCUT2D eigenvalue weighted by atomic mass is 16.4. The summed E-state index contributed by atoms with van der Waals surface area (Å²) in [5, 5.41) is 10.3. The molecule has 1 fully saturated rings. The molecule has 104 valence electrons. The maximum Gasteiger partial charge on any atom is 0.322 e. The van der Waals surface area contributed by atoms with E-state index in [2.05, 4.69) is 15.5 Å². The number of nitrogens with two attached hydrogens (primary N) is 1. The van der Waals surface area contributed by atoms with Crippen molar-refractivity contribution >= 4 is 11.9 Å². The van der Waals surface area contributed by atoms with Crippen molar-refractivity contribution < 1.29 is 9.21 Å². The molecule has 20 heavy (non-hydrogen) atoms. The van der Waals surface area contributed by atoms with Crippen LogP contribution in [0.1, 0.15) is 42.7 Å². The first-order valence-electron chi connectivity index (χ1n) is 6.66. The summed E-state index contributed by atoms with van der Waals surface area (Å²) in [6.45, 7) is 0. The van der Waals surface area contributed by atoms with E-state index in [0.717, 1.165) is 18.4 Å². The number of carbonyl (C=O) groups is 1. The van der Waals surface area contributed by atoms with Crippen LogP contribution in [0.15, 0.2) is 34.7 Å². The van der Waals surface area contributed by atoms with E-state index >= 15 is 0 Å². The molecule has 0 radical (unpaired) electrons. The van der Waals surface area contributed by atoms with Crippen molar-refractivity contribution in [2.45, 2.75) is 31.2 Å². The summed E-state index contributed by atoms with van der Waals surface area (Å²) in [7, 11) is 0. The molecule has 0 bridgehead atoms. The van der Waals surface area contributed by atoms with Gasteiger partial charge in [-0.05, 0) is 18.4 Å². The first kappa shape index (κ1) is 12.8. The van der Waals surface area contributed by atoms with Crippen molar-refractivity contribution in [3.63, 3.8) is 0 Å². The number of rotatable bonds is 5. The normalized spacial score (nSPS) is 15.8. The number of anilines is 1. The second-order valence-electron chi connectivity index (χ2n) is 4.99. The molecule has 1 amide bonds. The monoisotopic (exact) mass is 272 g/mol. The zero-order valence-electron chi connectivity index (χ0n) is 11.0. The maximum absolute atomic E-state index is 11.9. The lowest BCUT2D eigenvalue weighted by molar-refractivity contribution is -0.116. The summed E-state index contributed by atoms with van der Waals surface area (Å²) in [5.41, 5.74) is 6.91. The van der Waals surface area contributed by atoms with Crippen LogP contribution >= 0.6 is 0 Å². The predicted molar refractivity (Wildman–Crippen MR) is 72.9 cm³/mol. The Balaban J connectivity index is 1.56. The van der Waals surface area contributed by atoms with E-state index in [1.807, 2.05) is 30.3 Å². The number of hydrogen-bond acceptors (Lipinski definition) is 5. The zero-order valence-corrected chi connectivity index (χ0v) is 11.0. The van der Waals surface area contributed by atoms with Gasteiger partial charge in [-0.2, -0.15) is 0 Å². The number of benzene rings is 1. The summed E-state index contributed by atoms with van der Waals surface area (Å²) >= 11 is 0. The van der Waals surface area contributed by atoms with Gasteiger partial charge in [0, 0.05) is 18.4 Å². The van der Waals surface area contributed by atoms with Gasteiger partial charge in [-0.1, -0.05) is 35.4 Å². The minimum atomic E-state index is -0.345. The van der Waals surface area contributed by atoms with Crippen LogP contribution in [0.5, 0.6) is 0 Å². The fourth-order valence-electron chi connectivity index (χ4n) is 1.97. The first-order chi connectivity index (χ1) is 9.72. The Morgan fingerprint density at radius 1 is 1.35 bits per heavy atom. The molecule has 0 spiro atoms. The van der Waals surface area contributed by atoms with Crippen LogP contribution in [0.2, 0.25) is 0 Å².